The lowest BCUT2D eigenvalue weighted by molar-refractivity contribution is -0.123. The van der Waals surface area contributed by atoms with Gasteiger partial charge in [0.15, 0.2) is 6.61 Å². The van der Waals surface area contributed by atoms with Crippen LogP contribution in [0.3, 0.4) is 0 Å². The van der Waals surface area contributed by atoms with Gasteiger partial charge in [0.1, 0.15) is 11.6 Å². The van der Waals surface area contributed by atoms with Gasteiger partial charge >= 0.3 is 0 Å². The molecule has 1 aromatic carbocycles. The van der Waals surface area contributed by atoms with Gasteiger partial charge in [-0.1, -0.05) is 20.8 Å². The molecule has 0 unspecified atom stereocenters. The van der Waals surface area contributed by atoms with E-state index < -0.39 is 0 Å². The molecular weight excluding hydrogens is 271 g/mol. The zero-order chi connectivity index (χ0) is 15.7. The van der Waals surface area contributed by atoms with Crippen LogP contribution in [0.4, 0.5) is 4.39 Å². The molecule has 0 aliphatic carbocycles. The molecule has 0 aliphatic rings. The number of carbonyl (C=O) groups is 1. The van der Waals surface area contributed by atoms with Crippen LogP contribution in [0.5, 0.6) is 5.75 Å². The second kappa shape index (κ2) is 9.34. The van der Waals surface area contributed by atoms with Crippen molar-refractivity contribution in [2.24, 2.45) is 5.92 Å². The highest BCUT2D eigenvalue weighted by atomic mass is 19.1. The predicted octanol–water partition coefficient (Wildman–Crippen LogP) is 2.48. The maximum atomic E-state index is 13.5. The van der Waals surface area contributed by atoms with Crippen molar-refractivity contribution >= 4 is 5.91 Å². The number of halogens is 1. The topological polar surface area (TPSA) is 50.4 Å². The smallest absolute Gasteiger partial charge is 0.257 e. The Morgan fingerprint density at radius 1 is 1.33 bits per heavy atom. The van der Waals surface area contributed by atoms with Gasteiger partial charge in [-0.3, -0.25) is 4.79 Å². The van der Waals surface area contributed by atoms with Gasteiger partial charge in [-0.15, -0.1) is 0 Å². The first-order valence-corrected chi connectivity index (χ1v) is 7.41. The van der Waals surface area contributed by atoms with Gasteiger partial charge in [0, 0.05) is 19.2 Å². The summed E-state index contributed by atoms with van der Waals surface area (Å²) in [5.74, 6) is 0.374. The van der Waals surface area contributed by atoms with Gasteiger partial charge in [0.2, 0.25) is 0 Å². The molecule has 21 heavy (non-hydrogen) atoms. The van der Waals surface area contributed by atoms with Crippen LogP contribution in [0.25, 0.3) is 0 Å². The monoisotopic (exact) mass is 296 g/mol. The van der Waals surface area contributed by atoms with Crippen LogP contribution in [-0.4, -0.2) is 25.6 Å². The molecule has 0 aliphatic heterocycles. The molecule has 118 valence electrons. The summed E-state index contributed by atoms with van der Waals surface area (Å²) < 4.78 is 18.8. The number of hydrogen-bond acceptors (Lipinski definition) is 3. The summed E-state index contributed by atoms with van der Waals surface area (Å²) in [4.78, 5) is 11.6. The Labute approximate surface area is 126 Å². The van der Waals surface area contributed by atoms with Gasteiger partial charge in [-0.25, -0.2) is 4.39 Å². The standard InChI is InChI=1S/C16H25FN2O2/c1-4-18-10-13-7-14(17)9-15(8-13)21-11-16(20)19-6-5-12(2)3/h7-9,12,18H,4-6,10-11H2,1-3H3,(H,19,20). The van der Waals surface area contributed by atoms with E-state index in [2.05, 4.69) is 24.5 Å². The van der Waals surface area contributed by atoms with Crippen LogP contribution >= 0.6 is 0 Å². The Morgan fingerprint density at radius 3 is 2.76 bits per heavy atom. The van der Waals surface area contributed by atoms with Gasteiger partial charge in [-0.05, 0) is 36.6 Å². The maximum absolute atomic E-state index is 13.5. The molecule has 0 saturated heterocycles. The zero-order valence-electron chi connectivity index (χ0n) is 13.0. The molecule has 0 aromatic heterocycles. The Morgan fingerprint density at radius 2 is 2.10 bits per heavy atom. The van der Waals surface area contributed by atoms with E-state index in [-0.39, 0.29) is 18.3 Å². The molecule has 1 aromatic rings. The third-order valence-electron chi connectivity index (χ3n) is 2.92. The number of ether oxygens (including phenoxy) is 1. The molecule has 2 N–H and O–H groups in total. The highest BCUT2D eigenvalue weighted by Crippen LogP contribution is 2.16. The number of carbonyl (C=O) groups excluding carboxylic acids is 1. The molecular formula is C16H25FN2O2. The molecule has 0 radical (unpaired) electrons. The molecule has 0 heterocycles. The van der Waals surface area contributed by atoms with Crippen molar-refractivity contribution < 1.29 is 13.9 Å². The van der Waals surface area contributed by atoms with Gasteiger partial charge in [0.05, 0.1) is 0 Å². The van der Waals surface area contributed by atoms with Gasteiger partial charge in [-0.2, -0.15) is 0 Å². The summed E-state index contributed by atoms with van der Waals surface area (Å²) in [7, 11) is 0. The van der Waals surface area contributed by atoms with E-state index in [1.54, 1.807) is 6.07 Å². The van der Waals surface area contributed by atoms with E-state index in [1.807, 2.05) is 6.92 Å². The summed E-state index contributed by atoms with van der Waals surface area (Å²) in [5, 5.41) is 5.90. The van der Waals surface area contributed by atoms with Crippen molar-refractivity contribution in [2.45, 2.75) is 33.7 Å². The Hall–Kier alpha value is -1.62. The molecule has 5 heteroatoms. The summed E-state index contributed by atoms with van der Waals surface area (Å²) in [6, 6.07) is 4.49. The van der Waals surface area contributed by atoms with Gasteiger partial charge < -0.3 is 15.4 Å². The largest absolute Gasteiger partial charge is 0.484 e. The fourth-order valence-corrected chi connectivity index (χ4v) is 1.78. The molecule has 1 rings (SSSR count). The predicted molar refractivity (Wildman–Crippen MR) is 81.7 cm³/mol. The van der Waals surface area contributed by atoms with E-state index in [0.717, 1.165) is 18.5 Å². The first-order chi connectivity index (χ1) is 10.0. The van der Waals surface area contributed by atoms with Crippen molar-refractivity contribution in [3.05, 3.63) is 29.6 Å². The number of nitrogens with one attached hydrogen (secondary N) is 2. The number of rotatable bonds is 9. The molecule has 4 nitrogen and oxygen atoms in total. The lowest BCUT2D eigenvalue weighted by atomic mass is 10.1. The average Bonchev–Trinajstić information content (AvgIpc) is 2.42. The second-order valence-corrected chi connectivity index (χ2v) is 5.40. The highest BCUT2D eigenvalue weighted by molar-refractivity contribution is 5.77. The van der Waals surface area contributed by atoms with Crippen molar-refractivity contribution in [1.29, 1.82) is 0 Å². The third-order valence-corrected chi connectivity index (χ3v) is 2.92. The number of amides is 1. The van der Waals surface area contributed by atoms with Crippen LogP contribution < -0.4 is 15.4 Å². The lowest BCUT2D eigenvalue weighted by Crippen LogP contribution is -2.30. The average molecular weight is 296 g/mol. The van der Waals surface area contributed by atoms with E-state index >= 15 is 0 Å². The first kappa shape index (κ1) is 17.4. The van der Waals surface area contributed by atoms with Crippen LogP contribution in [0.2, 0.25) is 0 Å². The Kier molecular flexibility index (Phi) is 7.75. The Balaban J connectivity index is 2.43. The zero-order valence-corrected chi connectivity index (χ0v) is 13.0. The minimum Gasteiger partial charge on any atom is -0.484 e. The van der Waals surface area contributed by atoms with E-state index in [0.29, 0.717) is 24.8 Å². The fraction of sp³-hybridized carbons (Fsp3) is 0.562. The van der Waals surface area contributed by atoms with Crippen molar-refractivity contribution in [1.82, 2.24) is 10.6 Å². The minimum absolute atomic E-state index is 0.0950. The van der Waals surface area contributed by atoms with Gasteiger partial charge in [0.25, 0.3) is 5.91 Å². The summed E-state index contributed by atoms with van der Waals surface area (Å²) in [6.45, 7) is 8.10. The number of benzene rings is 1. The highest BCUT2D eigenvalue weighted by Gasteiger charge is 2.06. The van der Waals surface area contributed by atoms with Crippen LogP contribution in [0.15, 0.2) is 18.2 Å². The van der Waals surface area contributed by atoms with E-state index in [4.69, 9.17) is 4.74 Å². The van der Waals surface area contributed by atoms with Crippen molar-refractivity contribution in [3.8, 4) is 5.75 Å². The normalized spacial score (nSPS) is 10.7. The minimum atomic E-state index is -0.361. The van der Waals surface area contributed by atoms with Crippen LogP contribution in [0, 0.1) is 11.7 Å². The van der Waals surface area contributed by atoms with Crippen molar-refractivity contribution in [2.75, 3.05) is 19.7 Å². The molecule has 0 spiro atoms. The maximum Gasteiger partial charge on any atom is 0.257 e. The third kappa shape index (κ3) is 7.66. The second-order valence-electron chi connectivity index (χ2n) is 5.40. The van der Waals surface area contributed by atoms with Crippen LogP contribution in [-0.2, 0) is 11.3 Å². The summed E-state index contributed by atoms with van der Waals surface area (Å²) in [5.41, 5.74) is 0.798. The molecule has 0 atom stereocenters. The molecule has 1 amide bonds. The fourth-order valence-electron chi connectivity index (χ4n) is 1.78. The molecule has 0 bridgehead atoms. The summed E-state index contributed by atoms with van der Waals surface area (Å²) >= 11 is 0. The van der Waals surface area contributed by atoms with E-state index in [9.17, 15) is 9.18 Å². The lowest BCUT2D eigenvalue weighted by Gasteiger charge is -2.10. The van der Waals surface area contributed by atoms with Crippen molar-refractivity contribution in [3.63, 3.8) is 0 Å². The SMILES string of the molecule is CCNCc1cc(F)cc(OCC(=O)NCCC(C)C)c1. The molecule has 0 saturated carbocycles. The summed E-state index contributed by atoms with van der Waals surface area (Å²) in [6.07, 6.45) is 0.929. The van der Waals surface area contributed by atoms with Crippen LogP contribution in [0.1, 0.15) is 32.8 Å². The first-order valence-electron chi connectivity index (χ1n) is 7.41. The van der Waals surface area contributed by atoms with E-state index in [1.165, 1.54) is 12.1 Å². The quantitative estimate of drug-likeness (QED) is 0.736. The number of hydrogen-bond donors (Lipinski definition) is 2. The molecule has 0 fully saturated rings. The Bertz CT molecular complexity index is 450.